The van der Waals surface area contributed by atoms with Crippen LogP contribution in [0.15, 0.2) is 57.8 Å². The maximum Gasteiger partial charge on any atom is 0.228 e. The summed E-state index contributed by atoms with van der Waals surface area (Å²) in [5, 5.41) is 0.592. The highest BCUT2D eigenvalue weighted by Gasteiger charge is 2.16. The molecular formula is C16H11FO2S. The van der Waals surface area contributed by atoms with Crippen LogP contribution in [0.25, 0.3) is 11.0 Å². The van der Waals surface area contributed by atoms with Crippen LogP contribution in [0.2, 0.25) is 0 Å². The van der Waals surface area contributed by atoms with Crippen molar-refractivity contribution in [2.24, 2.45) is 0 Å². The van der Waals surface area contributed by atoms with E-state index in [1.165, 1.54) is 6.07 Å². The summed E-state index contributed by atoms with van der Waals surface area (Å²) >= 11 is 1.61. The van der Waals surface area contributed by atoms with E-state index in [1.807, 2.05) is 18.4 Å². The minimum Gasteiger partial charge on any atom is -0.449 e. The summed E-state index contributed by atoms with van der Waals surface area (Å²) in [7, 11) is 0. The van der Waals surface area contributed by atoms with E-state index >= 15 is 0 Å². The highest BCUT2D eigenvalue weighted by Crippen LogP contribution is 2.24. The van der Waals surface area contributed by atoms with Gasteiger partial charge in [0.1, 0.15) is 0 Å². The molecule has 0 N–H and O–H groups in total. The number of ketones is 1. The zero-order valence-electron chi connectivity index (χ0n) is 10.7. The lowest BCUT2D eigenvalue weighted by atomic mass is 10.1. The average molecular weight is 286 g/mol. The molecule has 0 aliphatic carbocycles. The molecule has 2 aromatic carbocycles. The van der Waals surface area contributed by atoms with Crippen LogP contribution in [0, 0.1) is 5.82 Å². The van der Waals surface area contributed by atoms with Crippen molar-refractivity contribution >= 4 is 28.5 Å². The van der Waals surface area contributed by atoms with Crippen molar-refractivity contribution in [3.63, 3.8) is 0 Å². The largest absolute Gasteiger partial charge is 0.449 e. The lowest BCUT2D eigenvalue weighted by Gasteiger charge is -1.99. The van der Waals surface area contributed by atoms with Gasteiger partial charge in [-0.15, -0.1) is 11.8 Å². The molecule has 0 spiro atoms. The van der Waals surface area contributed by atoms with Crippen molar-refractivity contribution < 1.29 is 13.6 Å². The molecule has 4 heteroatoms. The molecule has 2 nitrogen and oxygen atoms in total. The summed E-state index contributed by atoms with van der Waals surface area (Å²) < 4.78 is 18.9. The molecule has 3 rings (SSSR count). The van der Waals surface area contributed by atoms with Gasteiger partial charge in [0.2, 0.25) is 5.78 Å². The molecule has 0 radical (unpaired) electrons. The van der Waals surface area contributed by atoms with Gasteiger partial charge in [0.15, 0.2) is 17.2 Å². The SMILES string of the molecule is CSc1ccc(C(=O)c2cc3cccc(F)c3o2)cc1. The second-order valence-electron chi connectivity index (χ2n) is 4.33. The number of carbonyl (C=O) groups is 1. The van der Waals surface area contributed by atoms with E-state index in [1.54, 1.807) is 42.1 Å². The van der Waals surface area contributed by atoms with Gasteiger partial charge < -0.3 is 4.42 Å². The number of benzene rings is 2. The maximum atomic E-state index is 13.6. The van der Waals surface area contributed by atoms with E-state index in [4.69, 9.17) is 4.42 Å². The van der Waals surface area contributed by atoms with Gasteiger partial charge in [0.05, 0.1) is 0 Å². The first kappa shape index (κ1) is 12.9. The molecular weight excluding hydrogens is 275 g/mol. The zero-order valence-corrected chi connectivity index (χ0v) is 11.5. The molecule has 0 aliphatic heterocycles. The lowest BCUT2D eigenvalue weighted by molar-refractivity contribution is 0.101. The Balaban J connectivity index is 2.01. The Kier molecular flexibility index (Phi) is 3.32. The van der Waals surface area contributed by atoms with Gasteiger partial charge in [-0.2, -0.15) is 0 Å². The fourth-order valence-electron chi connectivity index (χ4n) is 2.02. The molecule has 100 valence electrons. The van der Waals surface area contributed by atoms with Gasteiger partial charge in [0.25, 0.3) is 0 Å². The molecule has 0 saturated heterocycles. The summed E-state index contributed by atoms with van der Waals surface area (Å²) in [6.07, 6.45) is 1.97. The summed E-state index contributed by atoms with van der Waals surface area (Å²) in [5.74, 6) is -0.547. The predicted molar refractivity (Wildman–Crippen MR) is 77.8 cm³/mol. The van der Waals surface area contributed by atoms with Crippen LogP contribution in [0.1, 0.15) is 16.1 Å². The van der Waals surface area contributed by atoms with E-state index in [-0.39, 0.29) is 17.1 Å². The maximum absolute atomic E-state index is 13.6. The molecule has 0 unspecified atom stereocenters. The van der Waals surface area contributed by atoms with Gasteiger partial charge in [-0.25, -0.2) is 4.39 Å². The summed E-state index contributed by atoms with van der Waals surface area (Å²) in [4.78, 5) is 13.4. The van der Waals surface area contributed by atoms with Crippen LogP contribution in [0.4, 0.5) is 4.39 Å². The second kappa shape index (κ2) is 5.13. The molecule has 20 heavy (non-hydrogen) atoms. The quantitative estimate of drug-likeness (QED) is 0.523. The smallest absolute Gasteiger partial charge is 0.228 e. The Morgan fingerprint density at radius 3 is 2.55 bits per heavy atom. The average Bonchev–Trinajstić information content (AvgIpc) is 2.92. The molecule has 0 bridgehead atoms. The van der Waals surface area contributed by atoms with E-state index in [9.17, 15) is 9.18 Å². The summed E-state index contributed by atoms with van der Waals surface area (Å²) in [6.45, 7) is 0. The molecule has 0 aliphatic rings. The fourth-order valence-corrected chi connectivity index (χ4v) is 2.43. The number of rotatable bonds is 3. The Labute approximate surface area is 119 Å². The Hall–Kier alpha value is -2.07. The first-order valence-electron chi connectivity index (χ1n) is 6.06. The molecule has 0 atom stereocenters. The van der Waals surface area contributed by atoms with E-state index < -0.39 is 5.82 Å². The molecule has 1 aromatic heterocycles. The highest BCUT2D eigenvalue weighted by molar-refractivity contribution is 7.98. The molecule has 0 amide bonds. The van der Waals surface area contributed by atoms with Crippen molar-refractivity contribution in [1.82, 2.24) is 0 Å². The number of hydrogen-bond acceptors (Lipinski definition) is 3. The molecule has 3 aromatic rings. The predicted octanol–water partition coefficient (Wildman–Crippen LogP) is 4.52. The molecule has 0 fully saturated rings. The minimum absolute atomic E-state index is 0.122. The third-order valence-electron chi connectivity index (χ3n) is 3.07. The second-order valence-corrected chi connectivity index (χ2v) is 5.21. The Morgan fingerprint density at radius 1 is 1.15 bits per heavy atom. The normalized spacial score (nSPS) is 10.9. The van der Waals surface area contributed by atoms with Crippen molar-refractivity contribution in [3.8, 4) is 0 Å². The van der Waals surface area contributed by atoms with Crippen LogP contribution >= 0.6 is 11.8 Å². The molecule has 0 saturated carbocycles. The number of halogens is 1. The first-order valence-corrected chi connectivity index (χ1v) is 7.28. The monoisotopic (exact) mass is 286 g/mol. The topological polar surface area (TPSA) is 30.2 Å². The number of furan rings is 1. The number of thioether (sulfide) groups is 1. The fraction of sp³-hybridized carbons (Fsp3) is 0.0625. The van der Waals surface area contributed by atoms with Crippen LogP contribution in [0.3, 0.4) is 0 Å². The van der Waals surface area contributed by atoms with Crippen molar-refractivity contribution in [1.29, 1.82) is 0 Å². The third kappa shape index (κ3) is 2.23. The summed E-state index contributed by atoms with van der Waals surface area (Å²) in [6, 6.07) is 13.4. The van der Waals surface area contributed by atoms with Crippen molar-refractivity contribution in [2.75, 3.05) is 6.26 Å². The van der Waals surface area contributed by atoms with E-state index in [0.717, 1.165) is 4.90 Å². The van der Waals surface area contributed by atoms with Gasteiger partial charge >= 0.3 is 0 Å². The molecule has 1 heterocycles. The summed E-state index contributed by atoms with van der Waals surface area (Å²) in [5.41, 5.74) is 0.652. The Morgan fingerprint density at radius 2 is 1.90 bits per heavy atom. The Bertz CT molecular complexity index is 775. The zero-order chi connectivity index (χ0) is 14.1. The van der Waals surface area contributed by atoms with E-state index in [0.29, 0.717) is 10.9 Å². The van der Waals surface area contributed by atoms with Crippen molar-refractivity contribution in [3.05, 3.63) is 65.7 Å². The lowest BCUT2D eigenvalue weighted by Crippen LogP contribution is -1.98. The third-order valence-corrected chi connectivity index (χ3v) is 3.82. The van der Waals surface area contributed by atoms with Crippen LogP contribution in [-0.2, 0) is 0 Å². The standard InChI is InChI=1S/C16H11FO2S/c1-20-12-7-5-10(6-8-12)15(18)14-9-11-3-2-4-13(17)16(11)19-14/h2-9H,1H3. The van der Waals surface area contributed by atoms with Gasteiger partial charge in [-0.1, -0.05) is 12.1 Å². The van der Waals surface area contributed by atoms with Crippen LogP contribution in [0.5, 0.6) is 0 Å². The van der Waals surface area contributed by atoms with Crippen LogP contribution in [-0.4, -0.2) is 12.0 Å². The highest BCUT2D eigenvalue weighted by atomic mass is 32.2. The van der Waals surface area contributed by atoms with Gasteiger partial charge in [-0.05, 0) is 42.7 Å². The number of carbonyl (C=O) groups excluding carboxylic acids is 1. The number of fused-ring (bicyclic) bond motifs is 1. The minimum atomic E-state index is -0.459. The van der Waals surface area contributed by atoms with Crippen LogP contribution < -0.4 is 0 Å². The van der Waals surface area contributed by atoms with Gasteiger partial charge in [-0.3, -0.25) is 4.79 Å². The first-order chi connectivity index (χ1) is 9.69. The number of hydrogen-bond donors (Lipinski definition) is 0. The van der Waals surface area contributed by atoms with Gasteiger partial charge in [0, 0.05) is 15.8 Å². The number of para-hydroxylation sites is 1. The van der Waals surface area contributed by atoms with Crippen molar-refractivity contribution in [2.45, 2.75) is 4.90 Å². The van der Waals surface area contributed by atoms with E-state index in [2.05, 4.69) is 0 Å².